The van der Waals surface area contributed by atoms with Gasteiger partial charge in [-0.1, -0.05) is 12.1 Å². The van der Waals surface area contributed by atoms with Gasteiger partial charge in [0.1, 0.15) is 24.9 Å². The molecule has 1 heterocycles. The normalized spacial score (nSPS) is 10.2. The lowest BCUT2D eigenvalue weighted by atomic mass is 10.2. The molecule has 0 bridgehead atoms. The van der Waals surface area contributed by atoms with Crippen LogP contribution in [-0.4, -0.2) is 33.8 Å². The number of benzene rings is 1. The highest BCUT2D eigenvalue weighted by Crippen LogP contribution is 2.12. The predicted molar refractivity (Wildman–Crippen MR) is 74.3 cm³/mol. The number of carbonyl (C=O) groups excluding carboxylic acids is 1. The Morgan fingerprint density at radius 1 is 1.45 bits per heavy atom. The first kappa shape index (κ1) is 14.0. The van der Waals surface area contributed by atoms with Crippen molar-refractivity contribution in [3.63, 3.8) is 0 Å². The number of nitrogens with one attached hydrogen (secondary N) is 1. The Morgan fingerprint density at radius 3 is 3.10 bits per heavy atom. The number of amides is 1. The van der Waals surface area contributed by atoms with Gasteiger partial charge in [-0.25, -0.2) is 9.67 Å². The molecular weight excluding hydrogens is 256 g/mol. The molecule has 0 unspecified atom stereocenters. The van der Waals surface area contributed by atoms with Crippen LogP contribution in [-0.2, 0) is 11.3 Å². The molecule has 20 heavy (non-hydrogen) atoms. The van der Waals surface area contributed by atoms with Gasteiger partial charge in [-0.05, 0) is 31.0 Å². The lowest BCUT2D eigenvalue weighted by Crippen LogP contribution is -2.29. The Morgan fingerprint density at radius 2 is 2.35 bits per heavy atom. The second-order valence-corrected chi connectivity index (χ2v) is 4.46. The molecule has 0 saturated carbocycles. The Hall–Kier alpha value is -2.37. The van der Waals surface area contributed by atoms with Crippen LogP contribution in [0, 0.1) is 6.92 Å². The number of hydrogen-bond acceptors (Lipinski definition) is 4. The number of aromatic nitrogens is 3. The van der Waals surface area contributed by atoms with Crippen LogP contribution in [0.5, 0.6) is 5.75 Å². The first-order valence-corrected chi connectivity index (χ1v) is 6.52. The highest BCUT2D eigenvalue weighted by atomic mass is 16.5. The van der Waals surface area contributed by atoms with Gasteiger partial charge >= 0.3 is 0 Å². The molecule has 1 amide bonds. The van der Waals surface area contributed by atoms with Crippen LogP contribution >= 0.6 is 0 Å². The highest BCUT2D eigenvalue weighted by Gasteiger charge is 2.02. The van der Waals surface area contributed by atoms with E-state index in [0.29, 0.717) is 13.2 Å². The maximum Gasteiger partial charge on any atom is 0.241 e. The smallest absolute Gasteiger partial charge is 0.241 e. The van der Waals surface area contributed by atoms with Crippen LogP contribution in [0.15, 0.2) is 36.9 Å². The van der Waals surface area contributed by atoms with Crippen LogP contribution in [0.3, 0.4) is 0 Å². The standard InChI is InChI=1S/C14H18N4O2/c1-12-4-2-5-13(8-12)20-7-3-6-16-14(19)9-18-11-15-10-17-18/h2,4-5,8,10-11H,3,6-7,9H2,1H3,(H,16,19). The van der Waals surface area contributed by atoms with Crippen molar-refractivity contribution in [2.75, 3.05) is 13.2 Å². The summed E-state index contributed by atoms with van der Waals surface area (Å²) in [5.41, 5.74) is 1.17. The maximum absolute atomic E-state index is 11.5. The molecule has 0 aliphatic rings. The van der Waals surface area contributed by atoms with Crippen molar-refractivity contribution in [2.45, 2.75) is 19.9 Å². The summed E-state index contributed by atoms with van der Waals surface area (Å²) in [6.07, 6.45) is 3.68. The minimum atomic E-state index is -0.0777. The van der Waals surface area contributed by atoms with E-state index in [1.807, 2.05) is 31.2 Å². The molecule has 2 aromatic rings. The van der Waals surface area contributed by atoms with Gasteiger partial charge in [0, 0.05) is 6.54 Å². The van der Waals surface area contributed by atoms with E-state index in [9.17, 15) is 4.79 Å². The minimum Gasteiger partial charge on any atom is -0.494 e. The summed E-state index contributed by atoms with van der Waals surface area (Å²) >= 11 is 0. The number of aryl methyl sites for hydroxylation is 1. The molecule has 2 rings (SSSR count). The van der Waals surface area contributed by atoms with Crippen LogP contribution in [0.1, 0.15) is 12.0 Å². The van der Waals surface area contributed by atoms with Gasteiger partial charge in [-0.3, -0.25) is 4.79 Å². The van der Waals surface area contributed by atoms with Gasteiger partial charge in [0.25, 0.3) is 0 Å². The van der Waals surface area contributed by atoms with Crippen LogP contribution in [0.2, 0.25) is 0 Å². The average Bonchev–Trinajstić information content (AvgIpc) is 2.91. The lowest BCUT2D eigenvalue weighted by molar-refractivity contribution is -0.121. The molecule has 0 radical (unpaired) electrons. The Balaban J connectivity index is 1.58. The maximum atomic E-state index is 11.5. The van der Waals surface area contributed by atoms with Crippen LogP contribution in [0.4, 0.5) is 0 Å². The van der Waals surface area contributed by atoms with Crippen molar-refractivity contribution >= 4 is 5.91 Å². The SMILES string of the molecule is Cc1cccc(OCCCNC(=O)Cn2cncn2)c1. The van der Waals surface area contributed by atoms with E-state index < -0.39 is 0 Å². The zero-order valence-corrected chi connectivity index (χ0v) is 11.5. The van der Waals surface area contributed by atoms with Crippen molar-refractivity contribution in [3.05, 3.63) is 42.5 Å². The molecule has 1 N–H and O–H groups in total. The predicted octanol–water partition coefficient (Wildman–Crippen LogP) is 1.17. The highest BCUT2D eigenvalue weighted by molar-refractivity contribution is 5.75. The molecule has 106 valence electrons. The molecule has 0 fully saturated rings. The third kappa shape index (κ3) is 4.72. The fraction of sp³-hybridized carbons (Fsp3) is 0.357. The lowest BCUT2D eigenvalue weighted by Gasteiger charge is -2.08. The summed E-state index contributed by atoms with van der Waals surface area (Å²) in [6, 6.07) is 7.90. The fourth-order valence-corrected chi connectivity index (χ4v) is 1.71. The molecule has 1 aromatic heterocycles. The molecule has 0 atom stereocenters. The molecule has 1 aromatic carbocycles. The summed E-state index contributed by atoms with van der Waals surface area (Å²) in [5.74, 6) is 0.782. The molecule has 6 heteroatoms. The van der Waals surface area contributed by atoms with Gasteiger partial charge in [-0.15, -0.1) is 0 Å². The number of carbonyl (C=O) groups is 1. The van der Waals surface area contributed by atoms with E-state index in [1.54, 1.807) is 0 Å². The van der Waals surface area contributed by atoms with E-state index >= 15 is 0 Å². The minimum absolute atomic E-state index is 0.0777. The zero-order chi connectivity index (χ0) is 14.2. The Kier molecular flexibility index (Phi) is 5.11. The van der Waals surface area contributed by atoms with E-state index in [2.05, 4.69) is 15.4 Å². The molecule has 0 aliphatic carbocycles. The summed E-state index contributed by atoms with van der Waals surface area (Å²) < 4.78 is 7.08. The van der Waals surface area contributed by atoms with Crippen molar-refractivity contribution in [1.29, 1.82) is 0 Å². The Labute approximate surface area is 117 Å². The third-order valence-electron chi connectivity index (χ3n) is 2.67. The molecule has 0 aliphatic heterocycles. The number of nitrogens with zero attached hydrogens (tertiary/aromatic N) is 3. The number of ether oxygens (including phenoxy) is 1. The summed E-state index contributed by atoms with van der Waals surface area (Å²) in [6.45, 7) is 3.38. The second-order valence-electron chi connectivity index (χ2n) is 4.46. The van der Waals surface area contributed by atoms with Gasteiger partial charge in [0.2, 0.25) is 5.91 Å². The van der Waals surface area contributed by atoms with Gasteiger partial charge in [-0.2, -0.15) is 5.10 Å². The summed E-state index contributed by atoms with van der Waals surface area (Å²) in [4.78, 5) is 15.3. The molecule has 0 spiro atoms. The quantitative estimate of drug-likeness (QED) is 0.770. The number of rotatable bonds is 7. The second kappa shape index (κ2) is 7.28. The van der Waals surface area contributed by atoms with Crippen molar-refractivity contribution in [2.24, 2.45) is 0 Å². The van der Waals surface area contributed by atoms with Gasteiger partial charge in [0.05, 0.1) is 6.61 Å². The molecule has 6 nitrogen and oxygen atoms in total. The fourth-order valence-electron chi connectivity index (χ4n) is 1.71. The monoisotopic (exact) mass is 274 g/mol. The molecule has 0 saturated heterocycles. The zero-order valence-electron chi connectivity index (χ0n) is 11.5. The van der Waals surface area contributed by atoms with Crippen LogP contribution in [0.25, 0.3) is 0 Å². The Bertz CT molecular complexity index is 540. The van der Waals surface area contributed by atoms with Gasteiger partial charge in [0.15, 0.2) is 0 Å². The average molecular weight is 274 g/mol. The first-order chi connectivity index (χ1) is 9.74. The van der Waals surface area contributed by atoms with E-state index in [0.717, 1.165) is 12.2 Å². The van der Waals surface area contributed by atoms with E-state index in [-0.39, 0.29) is 12.5 Å². The van der Waals surface area contributed by atoms with E-state index in [1.165, 1.54) is 22.9 Å². The third-order valence-corrected chi connectivity index (χ3v) is 2.67. The van der Waals surface area contributed by atoms with Crippen molar-refractivity contribution in [3.8, 4) is 5.75 Å². The summed E-state index contributed by atoms with van der Waals surface area (Å²) in [5, 5.41) is 6.68. The first-order valence-electron chi connectivity index (χ1n) is 6.52. The largest absolute Gasteiger partial charge is 0.494 e. The van der Waals surface area contributed by atoms with Crippen molar-refractivity contribution in [1.82, 2.24) is 20.1 Å². The van der Waals surface area contributed by atoms with E-state index in [4.69, 9.17) is 4.74 Å². The number of hydrogen-bond donors (Lipinski definition) is 1. The van der Waals surface area contributed by atoms with Gasteiger partial charge < -0.3 is 10.1 Å². The van der Waals surface area contributed by atoms with Crippen LogP contribution < -0.4 is 10.1 Å². The molecular formula is C14H18N4O2. The van der Waals surface area contributed by atoms with Crippen molar-refractivity contribution < 1.29 is 9.53 Å². The summed E-state index contributed by atoms with van der Waals surface area (Å²) in [7, 11) is 0. The topological polar surface area (TPSA) is 69.0 Å².